The minimum absolute atomic E-state index is 0.0702. The molecule has 130 valence electrons. The zero-order valence-electron chi connectivity index (χ0n) is 13.7. The molecule has 2 rings (SSSR count). The van der Waals surface area contributed by atoms with E-state index >= 15 is 0 Å². The number of amides is 2. The van der Waals surface area contributed by atoms with E-state index < -0.39 is 5.91 Å². The van der Waals surface area contributed by atoms with Crippen molar-refractivity contribution in [2.45, 2.75) is 6.42 Å². The van der Waals surface area contributed by atoms with Gasteiger partial charge in [-0.1, -0.05) is 36.4 Å². The van der Waals surface area contributed by atoms with E-state index in [1.54, 1.807) is 18.2 Å². The molecule has 7 nitrogen and oxygen atoms in total. The van der Waals surface area contributed by atoms with Crippen molar-refractivity contribution in [1.82, 2.24) is 10.7 Å². The molecule has 0 aliphatic rings. The van der Waals surface area contributed by atoms with Gasteiger partial charge in [-0.25, -0.2) is 5.43 Å². The number of methoxy groups -OCH3 is 1. The zero-order chi connectivity index (χ0) is 18.1. The lowest BCUT2D eigenvalue weighted by Crippen LogP contribution is -2.35. The molecule has 0 unspecified atom stereocenters. The first-order valence-electron chi connectivity index (χ1n) is 7.58. The lowest BCUT2D eigenvalue weighted by molar-refractivity contribution is -0.125. The molecule has 0 radical (unpaired) electrons. The molecule has 0 saturated carbocycles. The Bertz CT molecular complexity index is 760. The summed E-state index contributed by atoms with van der Waals surface area (Å²) in [6.07, 6.45) is 1.50. The topological polar surface area (TPSA) is 100 Å². The van der Waals surface area contributed by atoms with E-state index in [1.165, 1.54) is 13.3 Å². The van der Waals surface area contributed by atoms with E-state index in [4.69, 9.17) is 4.74 Å². The summed E-state index contributed by atoms with van der Waals surface area (Å²) in [5.74, 6) is -0.488. The van der Waals surface area contributed by atoms with Crippen molar-refractivity contribution >= 4 is 18.0 Å². The number of para-hydroxylation sites is 1. The van der Waals surface area contributed by atoms with Gasteiger partial charge in [0.05, 0.1) is 26.3 Å². The van der Waals surface area contributed by atoms with E-state index in [2.05, 4.69) is 15.8 Å². The quantitative estimate of drug-likeness (QED) is 0.520. The van der Waals surface area contributed by atoms with Crippen molar-refractivity contribution in [1.29, 1.82) is 0 Å². The van der Waals surface area contributed by atoms with Crippen LogP contribution in [0, 0.1) is 0 Å². The number of carbonyl (C=O) groups is 2. The number of hydrogen-bond acceptors (Lipinski definition) is 5. The predicted molar refractivity (Wildman–Crippen MR) is 93.6 cm³/mol. The maximum atomic E-state index is 11.8. The molecule has 0 saturated heterocycles. The monoisotopic (exact) mass is 341 g/mol. The fourth-order valence-corrected chi connectivity index (χ4v) is 2.04. The number of nitrogens with zero attached hydrogens (tertiary/aromatic N) is 1. The second-order valence-electron chi connectivity index (χ2n) is 5.13. The van der Waals surface area contributed by atoms with Crippen LogP contribution in [-0.4, -0.2) is 36.8 Å². The van der Waals surface area contributed by atoms with Crippen LogP contribution in [-0.2, 0) is 16.0 Å². The van der Waals surface area contributed by atoms with E-state index in [0.29, 0.717) is 11.3 Å². The summed E-state index contributed by atoms with van der Waals surface area (Å²) >= 11 is 0. The maximum absolute atomic E-state index is 11.8. The van der Waals surface area contributed by atoms with Gasteiger partial charge >= 0.3 is 0 Å². The number of phenolic OH excluding ortho intramolecular Hbond substituents is 1. The molecule has 7 heteroatoms. The second kappa shape index (κ2) is 9.07. The lowest BCUT2D eigenvalue weighted by atomic mass is 10.1. The highest BCUT2D eigenvalue weighted by molar-refractivity contribution is 5.88. The predicted octanol–water partition coefficient (Wildman–Crippen LogP) is 1.21. The molecule has 2 amide bonds. The fraction of sp³-hybridized carbons (Fsp3) is 0.167. The van der Waals surface area contributed by atoms with Crippen LogP contribution in [0.15, 0.2) is 53.6 Å². The van der Waals surface area contributed by atoms with Crippen LogP contribution in [0.3, 0.4) is 0 Å². The van der Waals surface area contributed by atoms with Gasteiger partial charge in [0.15, 0.2) is 11.5 Å². The molecule has 2 aromatic carbocycles. The highest BCUT2D eigenvalue weighted by atomic mass is 16.5. The molecule has 0 spiro atoms. The summed E-state index contributed by atoms with van der Waals surface area (Å²) < 4.78 is 4.98. The van der Waals surface area contributed by atoms with Gasteiger partial charge in [0.1, 0.15) is 0 Å². The first kappa shape index (κ1) is 18.0. The summed E-state index contributed by atoms with van der Waals surface area (Å²) in [5, 5.41) is 16.1. The van der Waals surface area contributed by atoms with Crippen LogP contribution in [0.2, 0.25) is 0 Å². The average molecular weight is 341 g/mol. The molecule has 0 fully saturated rings. The van der Waals surface area contributed by atoms with Gasteiger partial charge in [0.2, 0.25) is 5.91 Å². The van der Waals surface area contributed by atoms with E-state index in [1.807, 2.05) is 30.3 Å². The number of rotatable bonds is 7. The molecule has 0 aliphatic carbocycles. The van der Waals surface area contributed by atoms with Gasteiger partial charge in [0, 0.05) is 5.56 Å². The summed E-state index contributed by atoms with van der Waals surface area (Å²) in [6, 6.07) is 14.1. The molecule has 0 bridgehead atoms. The smallest absolute Gasteiger partial charge is 0.259 e. The molecule has 0 atom stereocenters. The third-order valence-corrected chi connectivity index (χ3v) is 3.30. The van der Waals surface area contributed by atoms with Crippen LogP contribution in [0.4, 0.5) is 0 Å². The number of hydrazone groups is 1. The summed E-state index contributed by atoms with van der Waals surface area (Å²) in [7, 11) is 1.44. The Morgan fingerprint density at radius 2 is 1.88 bits per heavy atom. The van der Waals surface area contributed by atoms with Crippen molar-refractivity contribution < 1.29 is 19.4 Å². The number of benzene rings is 2. The Morgan fingerprint density at radius 1 is 1.12 bits per heavy atom. The Hall–Kier alpha value is -3.35. The van der Waals surface area contributed by atoms with Crippen LogP contribution in [0.25, 0.3) is 0 Å². The first-order chi connectivity index (χ1) is 12.1. The number of aromatic hydroxyl groups is 1. The van der Waals surface area contributed by atoms with Gasteiger partial charge < -0.3 is 15.2 Å². The fourth-order valence-electron chi connectivity index (χ4n) is 2.04. The number of nitrogens with one attached hydrogen (secondary N) is 2. The molecule has 0 aliphatic heterocycles. The summed E-state index contributed by atoms with van der Waals surface area (Å²) in [5.41, 5.74) is 3.54. The summed E-state index contributed by atoms with van der Waals surface area (Å²) in [4.78, 5) is 23.4. The van der Waals surface area contributed by atoms with Crippen LogP contribution < -0.4 is 15.5 Å². The minimum atomic E-state index is -0.472. The van der Waals surface area contributed by atoms with Gasteiger partial charge in [0.25, 0.3) is 5.91 Å². The van der Waals surface area contributed by atoms with Gasteiger partial charge in [-0.15, -0.1) is 0 Å². The molecule has 2 aromatic rings. The highest BCUT2D eigenvalue weighted by Crippen LogP contribution is 2.27. The Morgan fingerprint density at radius 3 is 2.60 bits per heavy atom. The maximum Gasteiger partial charge on any atom is 0.259 e. The molecule has 0 aromatic heterocycles. The van der Waals surface area contributed by atoms with Crippen molar-refractivity contribution in [2.75, 3.05) is 13.7 Å². The van der Waals surface area contributed by atoms with Gasteiger partial charge in [-0.3, -0.25) is 9.59 Å². The average Bonchev–Trinajstić information content (AvgIpc) is 2.62. The number of hydrogen-bond donors (Lipinski definition) is 3. The zero-order valence-corrected chi connectivity index (χ0v) is 13.7. The lowest BCUT2D eigenvalue weighted by Gasteiger charge is -2.05. The largest absolute Gasteiger partial charge is 0.504 e. The molecular weight excluding hydrogens is 322 g/mol. The molecular formula is C18H19N3O4. The van der Waals surface area contributed by atoms with Crippen LogP contribution in [0.5, 0.6) is 11.5 Å². The van der Waals surface area contributed by atoms with E-state index in [-0.39, 0.29) is 24.6 Å². The minimum Gasteiger partial charge on any atom is -0.504 e. The standard InChI is InChI=1S/C18H19N3O4/c1-25-15-9-5-8-14(18(15)24)11-20-21-17(23)12-19-16(22)10-13-6-3-2-4-7-13/h2-9,11,24H,10,12H2,1H3,(H,19,22)(H,21,23)/b20-11-. The van der Waals surface area contributed by atoms with Crippen molar-refractivity contribution in [3.05, 3.63) is 59.7 Å². The molecule has 3 N–H and O–H groups in total. The van der Waals surface area contributed by atoms with E-state index in [0.717, 1.165) is 5.56 Å². The Kier molecular flexibility index (Phi) is 6.53. The van der Waals surface area contributed by atoms with Crippen molar-refractivity contribution in [3.63, 3.8) is 0 Å². The normalized spacial score (nSPS) is 10.4. The summed E-state index contributed by atoms with van der Waals surface area (Å²) in [6.45, 7) is -0.187. The van der Waals surface area contributed by atoms with Crippen molar-refractivity contribution in [2.24, 2.45) is 5.10 Å². The number of phenols is 1. The van der Waals surface area contributed by atoms with Gasteiger partial charge in [-0.2, -0.15) is 5.10 Å². The highest BCUT2D eigenvalue weighted by Gasteiger charge is 2.07. The van der Waals surface area contributed by atoms with E-state index in [9.17, 15) is 14.7 Å². The van der Waals surface area contributed by atoms with Crippen molar-refractivity contribution in [3.8, 4) is 11.5 Å². The number of ether oxygens (including phenoxy) is 1. The third kappa shape index (κ3) is 5.65. The third-order valence-electron chi connectivity index (χ3n) is 3.30. The first-order valence-corrected chi connectivity index (χ1v) is 7.58. The molecule has 25 heavy (non-hydrogen) atoms. The van der Waals surface area contributed by atoms with Gasteiger partial charge in [-0.05, 0) is 17.7 Å². The number of carbonyl (C=O) groups excluding carboxylic acids is 2. The second-order valence-corrected chi connectivity index (χ2v) is 5.13. The van der Waals surface area contributed by atoms with Crippen LogP contribution >= 0.6 is 0 Å². The SMILES string of the molecule is COc1cccc(/C=N\NC(=O)CNC(=O)Cc2ccccc2)c1O. The Labute approximate surface area is 145 Å². The van der Waals surface area contributed by atoms with Crippen LogP contribution in [0.1, 0.15) is 11.1 Å². The Balaban J connectivity index is 1.78. The molecule has 0 heterocycles.